The van der Waals surface area contributed by atoms with E-state index in [0.717, 1.165) is 41.1 Å². The number of carboxylic acids is 1. The van der Waals surface area contributed by atoms with Crippen LogP contribution in [0.1, 0.15) is 41.4 Å². The molecule has 1 aliphatic heterocycles. The number of hydrogen-bond acceptors (Lipinski definition) is 9. The lowest BCUT2D eigenvalue weighted by Crippen LogP contribution is -2.56. The number of amides is 3. The van der Waals surface area contributed by atoms with E-state index in [0.29, 0.717) is 24.0 Å². The SMILES string of the molecule is CCOC(=O)c1csc(NC(=O)/[N+](=C2/CCC[N+](C)(Cc3cccc(O)c3)C2)[C@@H](Cc2ccc(O)cc2)C(N)=O)n1.O=C(O)C(F)(F)F. The molecule has 0 bridgehead atoms. The Balaban J connectivity index is 0.000000804. The molecule has 3 amide bonds. The standard InChI is InChI=1S/C29H33N5O6S.C2HF3O2/c1-3-40-27(38)24-18-41-28(31-24)32-29(39)33(25(26(30)37)15-19-9-11-22(35)12-10-19)21-7-5-13-34(2,17-21)16-20-6-4-8-23(36)14-20;3-2(4,5)1(6)7/h4,6,8-12,14,18,25H,3,5,7,13,15-17H2,1-2H3,(H3-2,30,31,32,35,36,37,39);(H,6,7)/p+2/b33-21-;/t25-,34?;/m0./s1. The summed E-state index contributed by atoms with van der Waals surface area (Å²) in [5.41, 5.74) is 8.40. The van der Waals surface area contributed by atoms with Gasteiger partial charge in [0.25, 0.3) is 11.0 Å². The first-order valence-electron chi connectivity index (χ1n) is 14.6. The lowest BCUT2D eigenvalue weighted by Gasteiger charge is -2.38. The number of urea groups is 1. The number of anilines is 1. The van der Waals surface area contributed by atoms with Crippen molar-refractivity contribution in [1.29, 1.82) is 0 Å². The van der Waals surface area contributed by atoms with Crippen molar-refractivity contribution in [2.45, 2.75) is 44.9 Å². The lowest BCUT2D eigenvalue weighted by atomic mass is 10.0. The van der Waals surface area contributed by atoms with Crippen LogP contribution in [-0.2, 0) is 27.3 Å². The van der Waals surface area contributed by atoms with E-state index >= 15 is 0 Å². The van der Waals surface area contributed by atoms with Gasteiger partial charge in [-0.15, -0.1) is 0 Å². The van der Waals surface area contributed by atoms with Gasteiger partial charge in [-0.25, -0.2) is 9.59 Å². The van der Waals surface area contributed by atoms with Crippen molar-refractivity contribution in [3.8, 4) is 11.5 Å². The largest absolute Gasteiger partial charge is 0.508 e. The number of rotatable bonds is 9. The van der Waals surface area contributed by atoms with Crippen LogP contribution in [-0.4, -0.2) is 97.9 Å². The van der Waals surface area contributed by atoms with Gasteiger partial charge in [-0.3, -0.25) is 4.79 Å². The molecule has 17 heteroatoms. The Morgan fingerprint density at radius 3 is 2.35 bits per heavy atom. The van der Waals surface area contributed by atoms with E-state index in [9.17, 15) is 37.8 Å². The molecule has 1 aliphatic rings. The molecule has 2 aromatic carbocycles. The number of esters is 1. The first kappa shape index (κ1) is 37.4. The quantitative estimate of drug-likeness (QED) is 0.126. The van der Waals surface area contributed by atoms with E-state index in [2.05, 4.69) is 17.3 Å². The van der Waals surface area contributed by atoms with Crippen molar-refractivity contribution in [3.05, 3.63) is 70.7 Å². The highest BCUT2D eigenvalue weighted by atomic mass is 32.1. The first-order chi connectivity index (χ1) is 22.5. The van der Waals surface area contributed by atoms with Crippen LogP contribution in [0.25, 0.3) is 0 Å². The minimum atomic E-state index is -5.08. The number of halogens is 3. The van der Waals surface area contributed by atoms with Crippen LogP contribution < -0.4 is 11.1 Å². The zero-order chi connectivity index (χ0) is 35.6. The predicted molar refractivity (Wildman–Crippen MR) is 168 cm³/mol. The molecule has 6 N–H and O–H groups in total. The van der Waals surface area contributed by atoms with Crippen LogP contribution in [0.3, 0.4) is 0 Å². The third-order valence-electron chi connectivity index (χ3n) is 7.21. The number of phenolic OH excluding ortho intramolecular Hbond substituents is 2. The summed E-state index contributed by atoms with van der Waals surface area (Å²) in [5, 5.41) is 31.2. The van der Waals surface area contributed by atoms with Gasteiger partial charge >= 0.3 is 24.1 Å². The summed E-state index contributed by atoms with van der Waals surface area (Å²) in [6.07, 6.45) is -3.61. The number of carbonyl (C=O) groups excluding carboxylic acids is 3. The van der Waals surface area contributed by atoms with Crippen molar-refractivity contribution in [2.24, 2.45) is 5.73 Å². The molecular formula is C31H36F3N5O8S+2. The highest BCUT2D eigenvalue weighted by molar-refractivity contribution is 7.14. The van der Waals surface area contributed by atoms with Crippen LogP contribution in [0.2, 0.25) is 0 Å². The van der Waals surface area contributed by atoms with Crippen LogP contribution in [0, 0.1) is 0 Å². The van der Waals surface area contributed by atoms with Gasteiger partial charge in [0.15, 0.2) is 11.7 Å². The van der Waals surface area contributed by atoms with Gasteiger partial charge in [-0.2, -0.15) is 32.8 Å². The number of carbonyl (C=O) groups is 4. The second-order valence-electron chi connectivity index (χ2n) is 11.1. The van der Waals surface area contributed by atoms with E-state index in [4.69, 9.17) is 20.4 Å². The maximum atomic E-state index is 13.9. The zero-order valence-electron chi connectivity index (χ0n) is 26.1. The average molecular weight is 696 g/mol. The number of aliphatic carboxylic acids is 1. The number of nitrogens with one attached hydrogen (secondary N) is 1. The number of aromatic hydroxyl groups is 2. The number of benzene rings is 2. The van der Waals surface area contributed by atoms with Gasteiger partial charge in [0.05, 0.1) is 20.2 Å². The molecule has 258 valence electrons. The Bertz CT molecular complexity index is 1660. The van der Waals surface area contributed by atoms with Crippen molar-refractivity contribution >= 4 is 46.1 Å². The third-order valence-corrected chi connectivity index (χ3v) is 7.97. The number of carboxylic acid groups (broad SMARTS) is 1. The second kappa shape index (κ2) is 16.2. The molecule has 2 atom stereocenters. The molecule has 1 saturated heterocycles. The number of likely N-dealkylation sites (tertiary alicyclic amines) is 1. The monoisotopic (exact) mass is 695 g/mol. The van der Waals surface area contributed by atoms with Gasteiger partial charge in [0.1, 0.15) is 30.3 Å². The zero-order valence-corrected chi connectivity index (χ0v) is 26.9. The molecule has 0 radical (unpaired) electrons. The van der Waals surface area contributed by atoms with Gasteiger partial charge in [-0.1, -0.05) is 35.6 Å². The molecule has 0 aliphatic carbocycles. The highest BCUT2D eigenvalue weighted by Crippen LogP contribution is 2.24. The predicted octanol–water partition coefficient (Wildman–Crippen LogP) is 3.89. The Labute approximate surface area is 277 Å². The summed E-state index contributed by atoms with van der Waals surface area (Å²) in [4.78, 5) is 52.0. The van der Waals surface area contributed by atoms with Gasteiger partial charge < -0.3 is 30.3 Å². The fourth-order valence-electron chi connectivity index (χ4n) is 5.15. The Hall–Kier alpha value is -5.03. The van der Waals surface area contributed by atoms with Gasteiger partial charge in [0.2, 0.25) is 0 Å². The first-order valence-corrected chi connectivity index (χ1v) is 15.5. The summed E-state index contributed by atoms with van der Waals surface area (Å²) >= 11 is 1.07. The van der Waals surface area contributed by atoms with E-state index in [1.807, 2.05) is 6.07 Å². The molecule has 4 rings (SSSR count). The van der Waals surface area contributed by atoms with Crippen LogP contribution in [0.4, 0.5) is 23.1 Å². The van der Waals surface area contributed by atoms with Gasteiger partial charge in [0, 0.05) is 30.2 Å². The van der Waals surface area contributed by atoms with Crippen LogP contribution in [0.5, 0.6) is 11.5 Å². The van der Waals surface area contributed by atoms with Gasteiger partial charge in [-0.05, 0) is 36.8 Å². The number of piperidine rings is 1. The molecule has 2 heterocycles. The average Bonchev–Trinajstić information content (AvgIpc) is 3.46. The molecule has 0 spiro atoms. The molecule has 3 aromatic rings. The van der Waals surface area contributed by atoms with Crippen molar-refractivity contribution in [1.82, 2.24) is 4.98 Å². The number of aromatic nitrogens is 1. The molecule has 13 nitrogen and oxygen atoms in total. The summed E-state index contributed by atoms with van der Waals surface area (Å²) in [6, 6.07) is 11.9. The summed E-state index contributed by atoms with van der Waals surface area (Å²) in [5.74, 6) is -3.76. The van der Waals surface area contributed by atoms with E-state index in [1.54, 1.807) is 37.3 Å². The highest BCUT2D eigenvalue weighted by Gasteiger charge is 2.40. The minimum absolute atomic E-state index is 0.0786. The molecule has 48 heavy (non-hydrogen) atoms. The number of quaternary nitrogens is 1. The number of ether oxygens (including phenoxy) is 1. The smallest absolute Gasteiger partial charge is 0.498 e. The normalized spacial score (nSPS) is 17.7. The second-order valence-corrected chi connectivity index (χ2v) is 12.0. The van der Waals surface area contributed by atoms with E-state index in [1.165, 1.54) is 22.1 Å². The van der Waals surface area contributed by atoms with Crippen LogP contribution >= 0.6 is 11.3 Å². The number of alkyl halides is 3. The van der Waals surface area contributed by atoms with E-state index < -0.39 is 36.1 Å². The Kier molecular flexibility index (Phi) is 12.6. The molecule has 0 saturated carbocycles. The summed E-state index contributed by atoms with van der Waals surface area (Å²) in [6.45, 7) is 3.80. The Morgan fingerprint density at radius 1 is 1.10 bits per heavy atom. The number of nitrogens with zero attached hydrogens (tertiary/aromatic N) is 3. The molecular weight excluding hydrogens is 659 g/mol. The number of thiazole rings is 1. The van der Waals surface area contributed by atoms with Crippen molar-refractivity contribution < 1.29 is 61.5 Å². The van der Waals surface area contributed by atoms with Crippen molar-refractivity contribution in [2.75, 3.05) is 32.1 Å². The minimum Gasteiger partial charge on any atom is -0.508 e. The number of hydrogen-bond donors (Lipinski definition) is 5. The van der Waals surface area contributed by atoms with Crippen molar-refractivity contribution in [3.63, 3.8) is 0 Å². The summed E-state index contributed by atoms with van der Waals surface area (Å²) in [7, 11) is 2.07. The molecule has 1 unspecified atom stereocenters. The lowest BCUT2D eigenvalue weighted by molar-refractivity contribution is -0.918. The fraction of sp³-hybridized carbons (Fsp3) is 0.355. The molecule has 1 fully saturated rings. The molecule has 1 aromatic heterocycles. The Morgan fingerprint density at radius 2 is 1.77 bits per heavy atom. The third kappa shape index (κ3) is 10.8. The van der Waals surface area contributed by atoms with E-state index in [-0.39, 0.29) is 35.4 Å². The number of nitrogens with two attached hydrogens (primary N) is 1. The maximum Gasteiger partial charge on any atom is 0.498 e. The van der Waals surface area contributed by atoms with Crippen LogP contribution in [0.15, 0.2) is 53.9 Å². The maximum absolute atomic E-state index is 13.9. The summed E-state index contributed by atoms with van der Waals surface area (Å²) < 4.78 is 38.7. The topological polar surface area (TPSA) is 192 Å². The number of phenols is 2. The fourth-order valence-corrected chi connectivity index (χ4v) is 5.82. The number of primary amides is 1.